The number of Topliss-reactive ketones (excluding diaryl/α,β-unsaturated/α-hetero) is 2. The third kappa shape index (κ3) is 27.7. The molecule has 0 aliphatic heterocycles. The third-order valence-electron chi connectivity index (χ3n) is 7.48. The van der Waals surface area contributed by atoms with Gasteiger partial charge in [-0.15, -0.1) is 0 Å². The normalized spacial score (nSPS) is 11.5. The van der Waals surface area contributed by atoms with E-state index in [1.807, 2.05) is 0 Å². The van der Waals surface area contributed by atoms with Crippen molar-refractivity contribution in [2.75, 3.05) is 0 Å². The third-order valence-corrected chi connectivity index (χ3v) is 7.48. The van der Waals surface area contributed by atoms with Gasteiger partial charge in [0.15, 0.2) is 11.6 Å². The van der Waals surface area contributed by atoms with E-state index in [-0.39, 0.29) is 11.6 Å². The fraction of sp³-hybridized carbons (Fsp3) is 0.882. The number of carbonyl (C=O) groups excluding carboxylic acids is 2. The molecule has 0 aromatic rings. The van der Waals surface area contributed by atoms with Crippen LogP contribution in [-0.2, 0) is 9.59 Å². The number of ketones is 2. The van der Waals surface area contributed by atoms with Crippen LogP contribution in [0.4, 0.5) is 0 Å². The molecule has 0 aliphatic carbocycles. The van der Waals surface area contributed by atoms with Crippen LogP contribution in [0.5, 0.6) is 0 Å². The van der Waals surface area contributed by atoms with Crippen LogP contribution in [0.2, 0.25) is 0 Å². The summed E-state index contributed by atoms with van der Waals surface area (Å²) in [4.78, 5) is 24.1. The minimum absolute atomic E-state index is 0.117. The van der Waals surface area contributed by atoms with Crippen LogP contribution in [0.15, 0.2) is 12.2 Å². The van der Waals surface area contributed by atoms with Crippen LogP contribution in [-0.4, -0.2) is 11.6 Å². The number of rotatable bonds is 30. The van der Waals surface area contributed by atoms with E-state index in [0.29, 0.717) is 12.8 Å². The predicted molar refractivity (Wildman–Crippen MR) is 160 cm³/mol. The SMILES string of the molecule is CCCCCCCCC=CCCCCCCCC(=O)C(=O)CCCCCCCCCCCCCCC. The van der Waals surface area contributed by atoms with E-state index in [1.165, 1.54) is 141 Å². The summed E-state index contributed by atoms with van der Waals surface area (Å²) < 4.78 is 0. The molecule has 0 aromatic heterocycles. The van der Waals surface area contributed by atoms with Gasteiger partial charge >= 0.3 is 0 Å². The van der Waals surface area contributed by atoms with Crippen LogP contribution in [0, 0.1) is 0 Å². The van der Waals surface area contributed by atoms with Gasteiger partial charge < -0.3 is 0 Å². The van der Waals surface area contributed by atoms with Gasteiger partial charge in [0.1, 0.15) is 0 Å². The zero-order valence-corrected chi connectivity index (χ0v) is 24.8. The number of unbranched alkanes of at least 4 members (excludes halogenated alkanes) is 23. The van der Waals surface area contributed by atoms with Crippen LogP contribution >= 0.6 is 0 Å². The van der Waals surface area contributed by atoms with Gasteiger partial charge in [-0.1, -0.05) is 154 Å². The molecule has 2 heteroatoms. The van der Waals surface area contributed by atoms with Gasteiger partial charge in [0, 0.05) is 12.8 Å². The highest BCUT2D eigenvalue weighted by molar-refractivity contribution is 6.37. The summed E-state index contributed by atoms with van der Waals surface area (Å²) in [5, 5.41) is 0. The van der Waals surface area contributed by atoms with Gasteiger partial charge in [0.2, 0.25) is 0 Å². The second-order valence-corrected chi connectivity index (χ2v) is 11.2. The molecular formula is C34H64O2. The van der Waals surface area contributed by atoms with Crippen LogP contribution < -0.4 is 0 Å². The summed E-state index contributed by atoms with van der Waals surface area (Å²) in [6.45, 7) is 4.54. The maximum atomic E-state index is 12.1. The molecule has 0 spiro atoms. The monoisotopic (exact) mass is 504 g/mol. The smallest absolute Gasteiger partial charge is 0.198 e. The van der Waals surface area contributed by atoms with Gasteiger partial charge in [-0.2, -0.15) is 0 Å². The minimum Gasteiger partial charge on any atom is -0.291 e. The second kappa shape index (κ2) is 30.3. The number of hydrogen-bond donors (Lipinski definition) is 0. The lowest BCUT2D eigenvalue weighted by molar-refractivity contribution is -0.136. The Hall–Kier alpha value is -0.920. The standard InChI is InChI=1S/C34H64O2/c1-3-5-7-9-11-13-15-17-18-20-22-24-26-28-30-32-34(36)33(35)31-29-27-25-23-21-19-16-14-12-10-8-6-4-2/h17-18H,3-16,19-32H2,1-2H3. The van der Waals surface area contributed by atoms with Crippen LogP contribution in [0.25, 0.3) is 0 Å². The molecule has 0 rings (SSSR count). The maximum absolute atomic E-state index is 12.1. The Balaban J connectivity index is 3.34. The number of hydrogen-bond acceptors (Lipinski definition) is 2. The quantitative estimate of drug-likeness (QED) is 0.0553. The fourth-order valence-electron chi connectivity index (χ4n) is 4.94. The van der Waals surface area contributed by atoms with Crippen molar-refractivity contribution in [3.8, 4) is 0 Å². The summed E-state index contributed by atoms with van der Waals surface area (Å²) >= 11 is 0. The molecule has 0 fully saturated rings. The average molecular weight is 505 g/mol. The average Bonchev–Trinajstić information content (AvgIpc) is 2.88. The Labute approximate surface area is 226 Å². The van der Waals surface area contributed by atoms with Crippen molar-refractivity contribution < 1.29 is 9.59 Å². The van der Waals surface area contributed by atoms with E-state index >= 15 is 0 Å². The lowest BCUT2D eigenvalue weighted by atomic mass is 10.0. The zero-order chi connectivity index (χ0) is 26.4. The molecule has 0 atom stereocenters. The molecule has 0 radical (unpaired) electrons. The molecule has 0 saturated heterocycles. The van der Waals surface area contributed by atoms with Crippen molar-refractivity contribution in [2.24, 2.45) is 0 Å². The van der Waals surface area contributed by atoms with E-state index in [2.05, 4.69) is 26.0 Å². The molecule has 0 heterocycles. The van der Waals surface area contributed by atoms with E-state index in [9.17, 15) is 9.59 Å². The summed E-state index contributed by atoms with van der Waals surface area (Å²) in [7, 11) is 0. The lowest BCUT2D eigenvalue weighted by Gasteiger charge is -2.03. The van der Waals surface area contributed by atoms with E-state index in [4.69, 9.17) is 0 Å². The van der Waals surface area contributed by atoms with Gasteiger partial charge in [0.05, 0.1) is 0 Å². The first-order chi connectivity index (χ1) is 17.7. The van der Waals surface area contributed by atoms with Gasteiger partial charge in [-0.25, -0.2) is 0 Å². The summed E-state index contributed by atoms with van der Waals surface area (Å²) in [6.07, 6.45) is 38.9. The topological polar surface area (TPSA) is 34.1 Å². The molecule has 0 saturated carbocycles. The molecule has 36 heavy (non-hydrogen) atoms. The molecule has 0 aromatic carbocycles. The number of allylic oxidation sites excluding steroid dienone is 2. The molecule has 0 amide bonds. The Morgan fingerprint density at radius 2 is 0.611 bits per heavy atom. The summed E-state index contributed by atoms with van der Waals surface area (Å²) in [6, 6.07) is 0. The highest BCUT2D eigenvalue weighted by atomic mass is 16.2. The number of carbonyl (C=O) groups is 2. The van der Waals surface area contributed by atoms with Gasteiger partial charge in [-0.05, 0) is 38.5 Å². The van der Waals surface area contributed by atoms with Gasteiger partial charge in [-0.3, -0.25) is 9.59 Å². The Morgan fingerprint density at radius 3 is 0.917 bits per heavy atom. The lowest BCUT2D eigenvalue weighted by Crippen LogP contribution is -2.13. The van der Waals surface area contributed by atoms with E-state index < -0.39 is 0 Å². The van der Waals surface area contributed by atoms with Crippen molar-refractivity contribution >= 4 is 11.6 Å². The van der Waals surface area contributed by atoms with Crippen molar-refractivity contribution in [2.45, 2.75) is 194 Å². The molecule has 0 aliphatic rings. The Bertz CT molecular complexity index is 493. The van der Waals surface area contributed by atoms with Crippen molar-refractivity contribution in [3.05, 3.63) is 12.2 Å². The fourth-order valence-corrected chi connectivity index (χ4v) is 4.94. The Kier molecular flexibility index (Phi) is 29.5. The first-order valence-electron chi connectivity index (χ1n) is 16.4. The van der Waals surface area contributed by atoms with E-state index in [1.54, 1.807) is 0 Å². The first kappa shape index (κ1) is 35.1. The van der Waals surface area contributed by atoms with Crippen LogP contribution in [0.1, 0.15) is 194 Å². The van der Waals surface area contributed by atoms with Crippen LogP contribution in [0.3, 0.4) is 0 Å². The van der Waals surface area contributed by atoms with Crippen molar-refractivity contribution in [3.63, 3.8) is 0 Å². The van der Waals surface area contributed by atoms with Gasteiger partial charge in [0.25, 0.3) is 0 Å². The molecular weight excluding hydrogens is 440 g/mol. The Morgan fingerprint density at radius 1 is 0.361 bits per heavy atom. The largest absolute Gasteiger partial charge is 0.291 e. The summed E-state index contributed by atoms with van der Waals surface area (Å²) in [5.74, 6) is -0.236. The predicted octanol–water partition coefficient (Wildman–Crippen LogP) is 11.6. The molecule has 212 valence electrons. The molecule has 0 unspecified atom stereocenters. The van der Waals surface area contributed by atoms with Crippen molar-refractivity contribution in [1.29, 1.82) is 0 Å². The second-order valence-electron chi connectivity index (χ2n) is 11.2. The van der Waals surface area contributed by atoms with E-state index in [0.717, 1.165) is 25.7 Å². The minimum atomic E-state index is -0.119. The maximum Gasteiger partial charge on any atom is 0.198 e. The molecule has 0 N–H and O–H groups in total. The highest BCUT2D eigenvalue weighted by Gasteiger charge is 2.12. The highest BCUT2D eigenvalue weighted by Crippen LogP contribution is 2.14. The van der Waals surface area contributed by atoms with Crippen molar-refractivity contribution in [1.82, 2.24) is 0 Å². The molecule has 0 bridgehead atoms. The first-order valence-corrected chi connectivity index (χ1v) is 16.4. The molecule has 2 nitrogen and oxygen atoms in total. The summed E-state index contributed by atoms with van der Waals surface area (Å²) in [5.41, 5.74) is 0. The zero-order valence-electron chi connectivity index (χ0n) is 24.8.